The van der Waals surface area contributed by atoms with Crippen LogP contribution in [0.4, 0.5) is 0 Å². The van der Waals surface area contributed by atoms with E-state index >= 15 is 0 Å². The molecule has 188 valence electrons. The molecule has 0 saturated carbocycles. The van der Waals surface area contributed by atoms with Crippen molar-refractivity contribution >= 4 is 8.03 Å². The summed E-state index contributed by atoms with van der Waals surface area (Å²) in [7, 11) is -2.98. The molecule has 31 heavy (non-hydrogen) atoms. The molecule has 0 aromatic heterocycles. The van der Waals surface area contributed by atoms with Gasteiger partial charge < -0.3 is 30.4 Å². The molecule has 0 aromatic carbocycles. The molecule has 0 amide bonds. The molecule has 0 bridgehead atoms. The molecule has 0 heterocycles. The van der Waals surface area contributed by atoms with Gasteiger partial charge in [-0.3, -0.25) is 0 Å². The number of hydrogen-bond donors (Lipinski definition) is 5. The van der Waals surface area contributed by atoms with Crippen LogP contribution in [0.15, 0.2) is 0 Å². The van der Waals surface area contributed by atoms with Crippen molar-refractivity contribution in [3.8, 4) is 0 Å². The second-order valence-corrected chi connectivity index (χ2v) is 9.82. The van der Waals surface area contributed by atoms with Crippen LogP contribution < -0.4 is 4.89 Å². The van der Waals surface area contributed by atoms with Crippen molar-refractivity contribution in [3.05, 3.63) is 0 Å². The van der Waals surface area contributed by atoms with Crippen molar-refractivity contribution in [2.45, 2.75) is 128 Å². The minimum Gasteiger partial charge on any atom is -0.593 e. The van der Waals surface area contributed by atoms with Crippen LogP contribution in [0.3, 0.4) is 0 Å². The van der Waals surface area contributed by atoms with Gasteiger partial charge in [0.1, 0.15) is 12.7 Å². The minimum absolute atomic E-state index is 0.140. The van der Waals surface area contributed by atoms with Crippen LogP contribution in [0, 0.1) is 0 Å². The largest absolute Gasteiger partial charge is 0.593 e. The lowest BCUT2D eigenvalue weighted by Gasteiger charge is -2.16. The van der Waals surface area contributed by atoms with Crippen molar-refractivity contribution in [1.29, 1.82) is 0 Å². The van der Waals surface area contributed by atoms with Crippen LogP contribution in [-0.4, -0.2) is 56.8 Å². The van der Waals surface area contributed by atoms with E-state index in [9.17, 15) is 14.6 Å². The van der Waals surface area contributed by atoms with Crippen molar-refractivity contribution in [3.63, 3.8) is 0 Å². The van der Waals surface area contributed by atoms with Gasteiger partial charge in [-0.1, -0.05) is 108 Å². The third kappa shape index (κ3) is 22.8. The smallest absolute Gasteiger partial charge is 0.346 e. The number of unbranched alkanes of at least 4 members (excludes halogenated alkanes) is 15. The molecular weight excluding hydrogens is 419 g/mol. The molecular formula is C23H49O7P. The van der Waals surface area contributed by atoms with Crippen LogP contribution in [0.1, 0.15) is 116 Å². The maximum atomic E-state index is 10.9. The van der Waals surface area contributed by atoms with Crippen LogP contribution in [-0.2, 0) is 4.57 Å². The molecule has 0 radical (unpaired) electrons. The van der Waals surface area contributed by atoms with Gasteiger partial charge in [0.2, 0.25) is 0 Å². The molecule has 2 unspecified atom stereocenters. The Balaban J connectivity index is 0. The van der Waals surface area contributed by atoms with Gasteiger partial charge in [-0.2, -0.15) is 0 Å². The van der Waals surface area contributed by atoms with Gasteiger partial charge in [-0.25, -0.2) is 0 Å². The first-order valence-electron chi connectivity index (χ1n) is 12.2. The van der Waals surface area contributed by atoms with Gasteiger partial charge in [-0.15, -0.1) is 0 Å². The molecule has 0 saturated heterocycles. The summed E-state index contributed by atoms with van der Waals surface area (Å²) in [4.78, 5) is 10.9. The highest BCUT2D eigenvalue weighted by Crippen LogP contribution is 2.33. The van der Waals surface area contributed by atoms with Gasteiger partial charge in [0.25, 0.3) is 5.34 Å². The maximum Gasteiger partial charge on any atom is 0.346 e. The second kappa shape index (κ2) is 24.5. The normalized spacial score (nSPS) is 13.6. The number of aliphatic hydroxyl groups excluding tert-OH is 4. The first-order valence-corrected chi connectivity index (χ1v) is 13.4. The van der Waals surface area contributed by atoms with Gasteiger partial charge >= 0.3 is 8.03 Å². The maximum absolute atomic E-state index is 10.9. The Hall–Kier alpha value is -0.140. The molecule has 0 aliphatic heterocycles. The summed E-state index contributed by atoms with van der Waals surface area (Å²) in [6, 6.07) is 0. The highest BCUT2D eigenvalue weighted by molar-refractivity contribution is 7.38. The quantitative estimate of drug-likeness (QED) is 0.128. The number of rotatable bonds is 21. The lowest BCUT2D eigenvalue weighted by Crippen LogP contribution is -2.31. The molecule has 7 nitrogen and oxygen atoms in total. The summed E-state index contributed by atoms with van der Waals surface area (Å²) in [6.45, 7) is 0.826. The standard InChI is InChI=1S/C20H41O4P.C3H8O3/c1-2-3-4-5-6-7-8-9-10-11-12-13-14-15-16-17-18-20(22,19-21)25(23)24;4-1-3(6)2-5/h21-22H,2-19H2,1H3;3-6H,1-2H2. The highest BCUT2D eigenvalue weighted by Gasteiger charge is 2.39. The van der Waals surface area contributed by atoms with E-state index in [0.717, 1.165) is 12.8 Å². The van der Waals surface area contributed by atoms with E-state index in [1.54, 1.807) is 0 Å². The van der Waals surface area contributed by atoms with Gasteiger partial charge in [0, 0.05) is 6.42 Å². The first kappa shape index (κ1) is 33.0. The van der Waals surface area contributed by atoms with E-state index in [2.05, 4.69) is 6.92 Å². The Morgan fingerprint density at radius 3 is 1.26 bits per heavy atom. The summed E-state index contributed by atoms with van der Waals surface area (Å²) in [5.41, 5.74) is 0. The fourth-order valence-electron chi connectivity index (χ4n) is 3.24. The Kier molecular flexibility index (Phi) is 26.1. The Morgan fingerprint density at radius 2 is 1.03 bits per heavy atom. The number of hydrogen-bond acceptors (Lipinski definition) is 7. The zero-order chi connectivity index (χ0) is 23.8. The zero-order valence-electron chi connectivity index (χ0n) is 19.7. The van der Waals surface area contributed by atoms with E-state index in [-0.39, 0.29) is 19.6 Å². The molecule has 0 fully saturated rings. The van der Waals surface area contributed by atoms with Gasteiger partial charge in [0.05, 0.1) is 13.2 Å². The summed E-state index contributed by atoms with van der Waals surface area (Å²) >= 11 is 0. The van der Waals surface area contributed by atoms with E-state index < -0.39 is 26.1 Å². The van der Waals surface area contributed by atoms with Crippen molar-refractivity contribution in [2.75, 3.05) is 19.8 Å². The third-order valence-electron chi connectivity index (χ3n) is 5.45. The lowest BCUT2D eigenvalue weighted by molar-refractivity contribution is -0.182. The van der Waals surface area contributed by atoms with E-state index in [1.807, 2.05) is 0 Å². The van der Waals surface area contributed by atoms with Crippen molar-refractivity contribution in [2.24, 2.45) is 0 Å². The molecule has 0 rings (SSSR count). The van der Waals surface area contributed by atoms with Crippen molar-refractivity contribution in [1.82, 2.24) is 0 Å². The Morgan fingerprint density at radius 1 is 0.710 bits per heavy atom. The summed E-state index contributed by atoms with van der Waals surface area (Å²) in [6.07, 6.45) is 19.4. The third-order valence-corrected chi connectivity index (χ3v) is 6.49. The van der Waals surface area contributed by atoms with Crippen LogP contribution in [0.5, 0.6) is 0 Å². The average molecular weight is 469 g/mol. The SMILES string of the molecule is CCCCCCCCCCCCCCCCCCC(O)(CO)[P+](=O)[O-].OCC(O)CO. The average Bonchev–Trinajstić information content (AvgIpc) is 2.78. The van der Waals surface area contributed by atoms with Crippen LogP contribution in [0.25, 0.3) is 0 Å². The molecule has 8 heteroatoms. The topological polar surface area (TPSA) is 141 Å². The molecule has 2 atom stereocenters. The van der Waals surface area contributed by atoms with E-state index in [1.165, 1.54) is 83.5 Å². The Bertz CT molecular complexity index is 381. The van der Waals surface area contributed by atoms with E-state index in [0.29, 0.717) is 6.42 Å². The molecule has 0 aliphatic carbocycles. The zero-order valence-corrected chi connectivity index (χ0v) is 20.6. The summed E-state index contributed by atoms with van der Waals surface area (Å²) in [5.74, 6) is 0. The van der Waals surface area contributed by atoms with Gasteiger partial charge in [-0.05, 0) is 6.42 Å². The van der Waals surface area contributed by atoms with Gasteiger partial charge in [0.15, 0.2) is 0 Å². The van der Waals surface area contributed by atoms with Crippen molar-refractivity contribution < 1.29 is 35.0 Å². The first-order chi connectivity index (χ1) is 14.9. The number of aliphatic hydroxyl groups is 5. The monoisotopic (exact) mass is 468 g/mol. The van der Waals surface area contributed by atoms with E-state index in [4.69, 9.17) is 20.4 Å². The Labute approximate surface area is 190 Å². The fraction of sp³-hybridized carbons (Fsp3) is 1.00. The summed E-state index contributed by atoms with van der Waals surface area (Å²) < 4.78 is 10.9. The predicted octanol–water partition coefficient (Wildman–Crippen LogP) is 3.75. The second-order valence-electron chi connectivity index (χ2n) is 8.47. The summed E-state index contributed by atoms with van der Waals surface area (Å²) in [5, 5.41) is 40.7. The molecule has 0 spiro atoms. The highest BCUT2D eigenvalue weighted by atomic mass is 31.1. The fourth-order valence-corrected chi connectivity index (χ4v) is 3.70. The van der Waals surface area contributed by atoms with Crippen LogP contribution >= 0.6 is 8.03 Å². The lowest BCUT2D eigenvalue weighted by atomic mass is 10.0. The molecule has 0 aromatic rings. The minimum atomic E-state index is -2.98. The molecule has 5 N–H and O–H groups in total. The van der Waals surface area contributed by atoms with Crippen LogP contribution in [0.2, 0.25) is 0 Å². The predicted molar refractivity (Wildman–Crippen MR) is 124 cm³/mol. The molecule has 0 aliphatic rings.